The minimum absolute atomic E-state index is 0.169. The zero-order valence-electron chi connectivity index (χ0n) is 13.6. The maximum atomic E-state index is 11.4. The van der Waals surface area contributed by atoms with Gasteiger partial charge < -0.3 is 4.74 Å². The Hall–Kier alpha value is -1.35. The van der Waals surface area contributed by atoms with Crippen molar-refractivity contribution in [1.29, 1.82) is 0 Å². The summed E-state index contributed by atoms with van der Waals surface area (Å²) >= 11 is 0. The Bertz CT molecular complexity index is 429. The Morgan fingerprint density at radius 1 is 1.20 bits per heavy atom. The van der Waals surface area contributed by atoms with Gasteiger partial charge in [0.05, 0.1) is 13.7 Å². The Balaban J connectivity index is 2.77. The van der Waals surface area contributed by atoms with Crippen molar-refractivity contribution in [3.8, 4) is 0 Å². The smallest absolute Gasteiger partial charge is 0.319 e. The highest BCUT2D eigenvalue weighted by molar-refractivity contribution is 5.71. The molecule has 3 nitrogen and oxygen atoms in total. The van der Waals surface area contributed by atoms with Gasteiger partial charge in [-0.05, 0) is 30.4 Å². The van der Waals surface area contributed by atoms with Gasteiger partial charge in [0, 0.05) is 12.6 Å². The number of ether oxygens (including phenoxy) is 1. The Kier molecular flexibility index (Phi) is 5.75. The van der Waals surface area contributed by atoms with Crippen LogP contribution in [0.2, 0.25) is 0 Å². The zero-order valence-corrected chi connectivity index (χ0v) is 13.6. The lowest BCUT2D eigenvalue weighted by Gasteiger charge is -2.26. The molecule has 0 N–H and O–H groups in total. The quantitative estimate of drug-likeness (QED) is 0.773. The number of hydrogen-bond acceptors (Lipinski definition) is 3. The minimum atomic E-state index is -0.190. The largest absolute Gasteiger partial charge is 0.468 e. The van der Waals surface area contributed by atoms with Crippen LogP contribution in [-0.2, 0) is 21.5 Å². The van der Waals surface area contributed by atoms with Gasteiger partial charge in [0.2, 0.25) is 0 Å². The van der Waals surface area contributed by atoms with E-state index < -0.39 is 0 Å². The van der Waals surface area contributed by atoms with Crippen molar-refractivity contribution >= 4 is 5.97 Å². The molecule has 20 heavy (non-hydrogen) atoms. The van der Waals surface area contributed by atoms with E-state index in [2.05, 4.69) is 63.8 Å². The van der Waals surface area contributed by atoms with E-state index in [1.54, 1.807) is 0 Å². The number of hydrogen-bond donors (Lipinski definition) is 0. The van der Waals surface area contributed by atoms with Crippen LogP contribution in [0.5, 0.6) is 0 Å². The molecule has 0 aliphatic rings. The Labute approximate surface area is 122 Å². The van der Waals surface area contributed by atoms with Crippen LogP contribution >= 0.6 is 0 Å². The fourth-order valence-corrected chi connectivity index (χ4v) is 2.00. The average molecular weight is 277 g/mol. The molecule has 0 spiro atoms. The molecule has 0 saturated carbocycles. The highest BCUT2D eigenvalue weighted by atomic mass is 16.5. The Morgan fingerprint density at radius 2 is 1.75 bits per heavy atom. The summed E-state index contributed by atoms with van der Waals surface area (Å²) in [7, 11) is 1.43. The second kappa shape index (κ2) is 6.89. The number of carbonyl (C=O) groups is 1. The van der Waals surface area contributed by atoms with Crippen LogP contribution in [0.3, 0.4) is 0 Å². The van der Waals surface area contributed by atoms with Crippen molar-refractivity contribution in [2.24, 2.45) is 0 Å². The number of carbonyl (C=O) groups excluding carboxylic acids is 1. The maximum Gasteiger partial charge on any atom is 0.319 e. The molecule has 1 rings (SSSR count). The molecule has 0 amide bonds. The molecule has 0 saturated heterocycles. The first-order valence-corrected chi connectivity index (χ1v) is 7.14. The molecule has 1 aromatic rings. The molecular formula is C17H27NO2. The second-order valence-electron chi connectivity index (χ2n) is 6.52. The van der Waals surface area contributed by atoms with Crippen molar-refractivity contribution in [3.63, 3.8) is 0 Å². The molecule has 0 bridgehead atoms. The summed E-state index contributed by atoms with van der Waals surface area (Å²) in [5, 5.41) is 0. The monoisotopic (exact) mass is 277 g/mol. The first-order valence-electron chi connectivity index (χ1n) is 7.14. The van der Waals surface area contributed by atoms with Crippen molar-refractivity contribution in [2.75, 3.05) is 13.7 Å². The third-order valence-corrected chi connectivity index (χ3v) is 3.50. The molecule has 0 heterocycles. The predicted octanol–water partition coefficient (Wildman–Crippen LogP) is 3.37. The van der Waals surface area contributed by atoms with E-state index in [9.17, 15) is 4.79 Å². The second-order valence-corrected chi connectivity index (χ2v) is 6.52. The predicted molar refractivity (Wildman–Crippen MR) is 82.7 cm³/mol. The van der Waals surface area contributed by atoms with E-state index in [0.29, 0.717) is 12.6 Å². The first kappa shape index (κ1) is 16.7. The van der Waals surface area contributed by atoms with E-state index in [-0.39, 0.29) is 11.4 Å². The van der Waals surface area contributed by atoms with Crippen LogP contribution < -0.4 is 0 Å². The van der Waals surface area contributed by atoms with Gasteiger partial charge in [-0.25, -0.2) is 0 Å². The third-order valence-electron chi connectivity index (χ3n) is 3.50. The zero-order chi connectivity index (χ0) is 15.3. The summed E-state index contributed by atoms with van der Waals surface area (Å²) in [6.45, 7) is 11.9. The fourth-order valence-electron chi connectivity index (χ4n) is 2.00. The number of methoxy groups -OCH3 is 1. The minimum Gasteiger partial charge on any atom is -0.468 e. The summed E-state index contributed by atoms with van der Waals surface area (Å²) in [4.78, 5) is 13.5. The highest BCUT2D eigenvalue weighted by Crippen LogP contribution is 2.22. The Morgan fingerprint density at radius 3 is 2.15 bits per heavy atom. The topological polar surface area (TPSA) is 29.5 Å². The molecule has 0 aliphatic heterocycles. The van der Waals surface area contributed by atoms with Crippen LogP contribution in [-0.4, -0.2) is 30.6 Å². The molecule has 0 aromatic heterocycles. The van der Waals surface area contributed by atoms with E-state index in [1.807, 2.05) is 0 Å². The van der Waals surface area contributed by atoms with Crippen molar-refractivity contribution in [1.82, 2.24) is 4.90 Å². The lowest BCUT2D eigenvalue weighted by atomic mass is 9.87. The third kappa shape index (κ3) is 4.97. The van der Waals surface area contributed by atoms with Gasteiger partial charge in [-0.2, -0.15) is 0 Å². The summed E-state index contributed by atoms with van der Waals surface area (Å²) in [5.74, 6) is -0.190. The fraction of sp³-hybridized carbons (Fsp3) is 0.588. The first-order chi connectivity index (χ1) is 9.24. The van der Waals surface area contributed by atoms with Gasteiger partial charge in [0.25, 0.3) is 0 Å². The van der Waals surface area contributed by atoms with E-state index in [4.69, 9.17) is 4.74 Å². The average Bonchev–Trinajstić information content (AvgIpc) is 2.37. The summed E-state index contributed by atoms with van der Waals surface area (Å²) < 4.78 is 4.75. The molecule has 0 aliphatic carbocycles. The summed E-state index contributed by atoms with van der Waals surface area (Å²) in [6.07, 6.45) is 0. The van der Waals surface area contributed by atoms with Gasteiger partial charge in [-0.15, -0.1) is 0 Å². The van der Waals surface area contributed by atoms with E-state index >= 15 is 0 Å². The highest BCUT2D eigenvalue weighted by Gasteiger charge is 2.16. The maximum absolute atomic E-state index is 11.4. The molecule has 1 aromatic carbocycles. The lowest BCUT2D eigenvalue weighted by molar-refractivity contribution is -0.142. The molecule has 3 heteroatoms. The van der Waals surface area contributed by atoms with Gasteiger partial charge in [0.15, 0.2) is 0 Å². The van der Waals surface area contributed by atoms with Crippen LogP contribution in [0, 0.1) is 0 Å². The number of benzene rings is 1. The van der Waals surface area contributed by atoms with Gasteiger partial charge in [0.1, 0.15) is 0 Å². The molecule has 112 valence electrons. The van der Waals surface area contributed by atoms with Crippen molar-refractivity contribution < 1.29 is 9.53 Å². The summed E-state index contributed by atoms with van der Waals surface area (Å²) in [5.41, 5.74) is 2.71. The SMILES string of the molecule is COC(=O)CN(Cc1ccc(C(C)(C)C)cc1)C(C)C. The molecule has 0 unspecified atom stereocenters. The van der Waals surface area contributed by atoms with Gasteiger partial charge in [-0.3, -0.25) is 9.69 Å². The lowest BCUT2D eigenvalue weighted by Crippen LogP contribution is -2.35. The van der Waals surface area contributed by atoms with Gasteiger partial charge >= 0.3 is 5.97 Å². The van der Waals surface area contributed by atoms with E-state index in [1.165, 1.54) is 18.2 Å². The number of esters is 1. The van der Waals surface area contributed by atoms with Crippen LogP contribution in [0.15, 0.2) is 24.3 Å². The molecule has 0 atom stereocenters. The normalized spacial score (nSPS) is 12.0. The standard InChI is InChI=1S/C17H27NO2/c1-13(2)18(12-16(19)20-6)11-14-7-9-15(10-8-14)17(3,4)5/h7-10,13H,11-12H2,1-6H3. The molecule has 0 fully saturated rings. The van der Waals surface area contributed by atoms with E-state index in [0.717, 1.165) is 6.54 Å². The van der Waals surface area contributed by atoms with Crippen molar-refractivity contribution in [2.45, 2.75) is 52.6 Å². The van der Waals surface area contributed by atoms with Crippen LogP contribution in [0.1, 0.15) is 45.7 Å². The molecular weight excluding hydrogens is 250 g/mol. The van der Waals surface area contributed by atoms with Crippen LogP contribution in [0.25, 0.3) is 0 Å². The number of nitrogens with zero attached hydrogens (tertiary/aromatic N) is 1. The summed E-state index contributed by atoms with van der Waals surface area (Å²) in [6, 6.07) is 8.94. The van der Waals surface area contributed by atoms with Gasteiger partial charge in [-0.1, -0.05) is 45.0 Å². The van der Waals surface area contributed by atoms with Crippen molar-refractivity contribution in [3.05, 3.63) is 35.4 Å². The van der Waals surface area contributed by atoms with Crippen LogP contribution in [0.4, 0.5) is 0 Å². The molecule has 0 radical (unpaired) electrons. The number of rotatable bonds is 5.